The molecule has 1 aromatic rings. The molecule has 3 heteroatoms. The summed E-state index contributed by atoms with van der Waals surface area (Å²) in [4.78, 5) is 11.8. The minimum absolute atomic E-state index is 0.186. The molecule has 1 atom stereocenters. The molecular formula is C22H35NO2. The van der Waals surface area contributed by atoms with Crippen LogP contribution in [0, 0.1) is 0 Å². The molecule has 3 nitrogen and oxygen atoms in total. The highest BCUT2D eigenvalue weighted by Gasteiger charge is 2.17. The largest absolute Gasteiger partial charge is 0.497 e. The van der Waals surface area contributed by atoms with Crippen LogP contribution in [0.4, 0.5) is 0 Å². The summed E-state index contributed by atoms with van der Waals surface area (Å²) in [6.07, 6.45) is 16.4. The molecule has 0 saturated carbocycles. The van der Waals surface area contributed by atoms with Gasteiger partial charge in [-0.3, -0.25) is 4.79 Å². The Morgan fingerprint density at radius 1 is 1.00 bits per heavy atom. The van der Waals surface area contributed by atoms with Crippen molar-refractivity contribution in [1.82, 2.24) is 0 Å². The van der Waals surface area contributed by atoms with Crippen LogP contribution in [0.5, 0.6) is 5.75 Å². The summed E-state index contributed by atoms with van der Waals surface area (Å²) in [7, 11) is 1.64. The van der Waals surface area contributed by atoms with Crippen molar-refractivity contribution in [3.05, 3.63) is 42.0 Å². The molecule has 0 radical (unpaired) electrons. The molecule has 1 unspecified atom stereocenters. The Morgan fingerprint density at radius 2 is 1.60 bits per heavy atom. The Kier molecular flexibility index (Phi) is 11.5. The third-order valence-electron chi connectivity index (χ3n) is 4.60. The Hall–Kier alpha value is -1.77. The lowest BCUT2D eigenvalue weighted by molar-refractivity contribution is -0.119. The molecule has 140 valence electrons. The van der Waals surface area contributed by atoms with Gasteiger partial charge in [0.1, 0.15) is 5.75 Å². The predicted octanol–water partition coefficient (Wildman–Crippen LogP) is 5.74. The van der Waals surface area contributed by atoms with Gasteiger partial charge in [-0.2, -0.15) is 0 Å². The van der Waals surface area contributed by atoms with E-state index >= 15 is 0 Å². The van der Waals surface area contributed by atoms with Crippen LogP contribution in [-0.2, 0) is 4.79 Å². The van der Waals surface area contributed by atoms with Crippen molar-refractivity contribution in [1.29, 1.82) is 0 Å². The van der Waals surface area contributed by atoms with E-state index in [2.05, 4.69) is 19.1 Å². The summed E-state index contributed by atoms with van der Waals surface area (Å²) in [6, 6.07) is 7.67. The van der Waals surface area contributed by atoms with Crippen molar-refractivity contribution in [2.75, 3.05) is 7.11 Å². The van der Waals surface area contributed by atoms with E-state index in [1.165, 1.54) is 51.4 Å². The molecule has 0 spiro atoms. The number of primary amides is 1. The standard InChI is InChI=1S/C22H35NO2/c1-3-4-5-6-7-8-9-10-11-12-13-14-21(22(23)24)19-15-17-20(25-2)18-16-19/h5-6,15-18,21H,3-4,7-14H2,1-2H3,(H2,23,24). The third kappa shape index (κ3) is 9.33. The molecule has 1 aromatic carbocycles. The fraction of sp³-hybridized carbons (Fsp3) is 0.591. The smallest absolute Gasteiger partial charge is 0.224 e. The molecule has 0 saturated heterocycles. The van der Waals surface area contributed by atoms with Crippen LogP contribution in [0.3, 0.4) is 0 Å². The van der Waals surface area contributed by atoms with Crippen LogP contribution in [0.25, 0.3) is 0 Å². The number of rotatable bonds is 14. The summed E-state index contributed by atoms with van der Waals surface area (Å²) in [5, 5.41) is 0. The normalized spacial score (nSPS) is 12.4. The van der Waals surface area contributed by atoms with Crippen LogP contribution in [0.15, 0.2) is 36.4 Å². The van der Waals surface area contributed by atoms with Crippen LogP contribution in [-0.4, -0.2) is 13.0 Å². The van der Waals surface area contributed by atoms with Gasteiger partial charge in [0.05, 0.1) is 13.0 Å². The van der Waals surface area contributed by atoms with Gasteiger partial charge in [-0.25, -0.2) is 0 Å². The second-order valence-electron chi connectivity index (χ2n) is 6.69. The van der Waals surface area contributed by atoms with Gasteiger partial charge >= 0.3 is 0 Å². The number of allylic oxidation sites excluding steroid dienone is 2. The number of ether oxygens (including phenoxy) is 1. The van der Waals surface area contributed by atoms with Gasteiger partial charge < -0.3 is 10.5 Å². The summed E-state index contributed by atoms with van der Waals surface area (Å²) in [6.45, 7) is 2.21. The molecule has 0 aliphatic rings. The molecule has 0 aliphatic heterocycles. The van der Waals surface area contributed by atoms with Crippen molar-refractivity contribution >= 4 is 5.91 Å². The highest BCUT2D eigenvalue weighted by atomic mass is 16.5. The monoisotopic (exact) mass is 345 g/mol. The van der Waals surface area contributed by atoms with E-state index in [-0.39, 0.29) is 11.8 Å². The Balaban J connectivity index is 2.18. The number of hydrogen-bond donors (Lipinski definition) is 1. The zero-order valence-electron chi connectivity index (χ0n) is 16.0. The van der Waals surface area contributed by atoms with Crippen LogP contribution < -0.4 is 10.5 Å². The van der Waals surface area contributed by atoms with Crippen molar-refractivity contribution in [2.24, 2.45) is 5.73 Å². The summed E-state index contributed by atoms with van der Waals surface area (Å²) in [5.74, 6) is 0.384. The van der Waals surface area contributed by atoms with Gasteiger partial charge in [-0.1, -0.05) is 69.7 Å². The van der Waals surface area contributed by atoms with Gasteiger partial charge in [0, 0.05) is 0 Å². The van der Waals surface area contributed by atoms with E-state index in [4.69, 9.17) is 10.5 Å². The quantitative estimate of drug-likeness (QED) is 0.345. The highest BCUT2D eigenvalue weighted by molar-refractivity contribution is 5.81. The molecule has 0 aliphatic carbocycles. The van der Waals surface area contributed by atoms with Crippen LogP contribution in [0.2, 0.25) is 0 Å². The first-order valence-electron chi connectivity index (χ1n) is 9.77. The van der Waals surface area contributed by atoms with Crippen LogP contribution >= 0.6 is 0 Å². The van der Waals surface area contributed by atoms with Crippen molar-refractivity contribution in [3.8, 4) is 5.75 Å². The number of carbonyl (C=O) groups is 1. The summed E-state index contributed by atoms with van der Waals surface area (Å²) >= 11 is 0. The molecule has 2 N–H and O–H groups in total. The molecule has 1 rings (SSSR count). The minimum atomic E-state index is -0.232. The molecule has 0 bridgehead atoms. The van der Waals surface area contributed by atoms with Crippen molar-refractivity contribution in [3.63, 3.8) is 0 Å². The maximum atomic E-state index is 11.8. The maximum absolute atomic E-state index is 11.8. The lowest BCUT2D eigenvalue weighted by Crippen LogP contribution is -2.21. The first kappa shape index (κ1) is 21.3. The van der Waals surface area contributed by atoms with E-state index < -0.39 is 0 Å². The summed E-state index contributed by atoms with van der Waals surface area (Å²) in [5.41, 5.74) is 6.59. The fourth-order valence-corrected chi connectivity index (χ4v) is 3.03. The van der Waals surface area contributed by atoms with E-state index in [1.807, 2.05) is 24.3 Å². The first-order valence-corrected chi connectivity index (χ1v) is 9.77. The zero-order valence-corrected chi connectivity index (χ0v) is 16.0. The van der Waals surface area contributed by atoms with E-state index in [9.17, 15) is 4.79 Å². The lowest BCUT2D eigenvalue weighted by atomic mass is 9.92. The third-order valence-corrected chi connectivity index (χ3v) is 4.60. The lowest BCUT2D eigenvalue weighted by Gasteiger charge is -2.14. The number of nitrogens with two attached hydrogens (primary N) is 1. The van der Waals surface area contributed by atoms with Crippen molar-refractivity contribution in [2.45, 2.75) is 77.0 Å². The van der Waals surface area contributed by atoms with E-state index in [1.54, 1.807) is 7.11 Å². The average Bonchev–Trinajstić information content (AvgIpc) is 2.62. The van der Waals surface area contributed by atoms with E-state index in [0.29, 0.717) is 0 Å². The topological polar surface area (TPSA) is 52.3 Å². The van der Waals surface area contributed by atoms with Gasteiger partial charge in [0.15, 0.2) is 0 Å². The van der Waals surface area contributed by atoms with Crippen LogP contribution in [0.1, 0.15) is 82.6 Å². The summed E-state index contributed by atoms with van der Waals surface area (Å²) < 4.78 is 5.16. The predicted molar refractivity (Wildman–Crippen MR) is 106 cm³/mol. The van der Waals surface area contributed by atoms with Gasteiger partial charge in [0.2, 0.25) is 5.91 Å². The maximum Gasteiger partial charge on any atom is 0.224 e. The molecule has 0 aromatic heterocycles. The minimum Gasteiger partial charge on any atom is -0.497 e. The number of hydrogen-bond acceptors (Lipinski definition) is 2. The van der Waals surface area contributed by atoms with Gasteiger partial charge in [-0.05, 0) is 43.4 Å². The Labute approximate surface area is 153 Å². The molecule has 1 amide bonds. The van der Waals surface area contributed by atoms with E-state index in [0.717, 1.165) is 24.2 Å². The Morgan fingerprint density at radius 3 is 2.20 bits per heavy atom. The van der Waals surface area contributed by atoms with Gasteiger partial charge in [-0.15, -0.1) is 0 Å². The number of amides is 1. The molecule has 25 heavy (non-hydrogen) atoms. The SMILES string of the molecule is CCCC=CCCCCCCCCC(C(N)=O)c1ccc(OC)cc1. The number of unbranched alkanes of at least 4 members (excludes halogenated alkanes) is 7. The number of benzene rings is 1. The molecule has 0 fully saturated rings. The average molecular weight is 346 g/mol. The first-order chi connectivity index (χ1) is 12.2. The fourth-order valence-electron chi connectivity index (χ4n) is 3.03. The highest BCUT2D eigenvalue weighted by Crippen LogP contribution is 2.24. The zero-order chi connectivity index (χ0) is 18.3. The molecular weight excluding hydrogens is 310 g/mol. The molecule has 0 heterocycles. The van der Waals surface area contributed by atoms with Crippen molar-refractivity contribution < 1.29 is 9.53 Å². The Bertz CT molecular complexity index is 493. The number of methoxy groups -OCH3 is 1. The van der Waals surface area contributed by atoms with Gasteiger partial charge in [0.25, 0.3) is 0 Å². The second kappa shape index (κ2) is 13.5. The number of carbonyl (C=O) groups excluding carboxylic acids is 1. The second-order valence-corrected chi connectivity index (χ2v) is 6.69.